The number of anilines is 6. The summed E-state index contributed by atoms with van der Waals surface area (Å²) in [5.41, 5.74) is 22.9. The number of ether oxygens (including phenoxy) is 2. The first-order chi connectivity index (χ1) is 45.7. The van der Waals surface area contributed by atoms with Crippen LogP contribution in [0.4, 0.5) is 34.1 Å². The van der Waals surface area contributed by atoms with Gasteiger partial charge in [0.05, 0.1) is 16.7 Å². The van der Waals surface area contributed by atoms with Crippen LogP contribution >= 0.6 is 0 Å². The molecule has 0 aliphatic carbocycles. The summed E-state index contributed by atoms with van der Waals surface area (Å²) in [7, 11) is 0. The van der Waals surface area contributed by atoms with E-state index in [2.05, 4.69) is 399 Å². The predicted molar refractivity (Wildman–Crippen MR) is 435 cm³/mol. The molecule has 0 spiro atoms. The smallest absolute Gasteiger partial charge is 0.136 e. The summed E-state index contributed by atoms with van der Waals surface area (Å²) in [6, 6.07) is 64.9. The molecule has 100 heavy (non-hydrogen) atoms. The van der Waals surface area contributed by atoms with E-state index >= 15 is 0 Å². The summed E-state index contributed by atoms with van der Waals surface area (Å²) < 4.78 is 17.1. The molecule has 0 atom stereocenters. The Hall–Kier alpha value is -8.02. The van der Waals surface area contributed by atoms with Crippen LogP contribution < -0.4 is 19.3 Å². The second-order valence-electron chi connectivity index (χ2n) is 39.3. The van der Waals surface area contributed by atoms with Crippen molar-refractivity contribution in [1.29, 1.82) is 0 Å². The van der Waals surface area contributed by atoms with Crippen molar-refractivity contribution in [2.24, 2.45) is 0 Å². The van der Waals surface area contributed by atoms with Gasteiger partial charge in [-0.15, -0.1) is 0 Å². The van der Waals surface area contributed by atoms with E-state index in [1.54, 1.807) is 0 Å². The number of nitrogens with zero attached hydrogens (tertiary/aromatic N) is 3. The first-order valence-electron chi connectivity index (χ1n) is 36.8. The lowest BCUT2D eigenvalue weighted by atomic mass is 9.79. The Morgan fingerprint density at radius 1 is 0.230 bits per heavy atom. The molecule has 9 aromatic carbocycles. The lowest BCUT2D eigenvalue weighted by Gasteiger charge is -2.33. The number of rotatable bonds is 11. The molecule has 0 N–H and O–H groups in total. The van der Waals surface area contributed by atoms with Gasteiger partial charge in [-0.25, -0.2) is 0 Å². The third-order valence-corrected chi connectivity index (χ3v) is 20.3. The fraction of sp³-hybridized carbons (Fsp3) is 0.432. The normalized spacial score (nSPS) is 13.3. The van der Waals surface area contributed by atoms with Gasteiger partial charge in [-0.1, -0.05) is 244 Å². The first kappa shape index (κ1) is 74.7. The van der Waals surface area contributed by atoms with Crippen molar-refractivity contribution in [2.45, 2.75) is 269 Å². The minimum atomic E-state index is -0.0848. The fourth-order valence-corrected chi connectivity index (χ4v) is 13.1. The van der Waals surface area contributed by atoms with E-state index in [-0.39, 0.29) is 54.1 Å². The average Bonchev–Trinajstić information content (AvgIpc) is 1.55. The van der Waals surface area contributed by atoms with Crippen molar-refractivity contribution in [1.82, 2.24) is 4.57 Å². The van der Waals surface area contributed by atoms with E-state index in [0.29, 0.717) is 11.5 Å². The van der Waals surface area contributed by atoms with Crippen LogP contribution in [0.3, 0.4) is 0 Å². The standard InChI is InChI=1S/C95H121N3O2/c1-60-84(99-78-38-34-71(35-39-78)96(73-48-63(88(8,9)10)44-64(49-73)89(11,12)13)74-50-65(90(14,15)16)45-66(51-74)91(17,18)19)58-77(98-82-42-32-61(86(2,3)4)56-80(82)81-57-62(87(5,6)7)33-43-83(81)98)59-85(60)100-79-40-36-72(37-41-79)97(75-52-67(92(20,21)22)46-68(53-75)93(23,24)25)76-54-69(94(26,27)28)47-70(55-76)95(29,30)31/h32-59H,1-31H3. The van der Waals surface area contributed by atoms with Crippen molar-refractivity contribution >= 4 is 55.9 Å². The summed E-state index contributed by atoms with van der Waals surface area (Å²) in [4.78, 5) is 4.94. The SMILES string of the molecule is Cc1c(Oc2ccc(N(c3cc(C(C)(C)C)cc(C(C)(C)C)c3)c3cc(C(C)(C)C)cc(C(C)(C)C)c3)cc2)cc(-n2c3ccc(C(C)(C)C)cc3c3cc(C(C)(C)C)ccc32)cc1Oc1ccc(N(c2cc(C(C)(C)C)cc(C(C)(C)C)c2)c2cc(C(C)(C)C)cc(C(C)(C)C)c2)cc1. The number of hydrogen-bond acceptors (Lipinski definition) is 4. The van der Waals surface area contributed by atoms with Gasteiger partial charge in [-0.05, 0) is 238 Å². The number of hydrogen-bond donors (Lipinski definition) is 0. The Balaban J connectivity index is 1.16. The van der Waals surface area contributed by atoms with E-state index in [1.807, 2.05) is 0 Å². The molecule has 0 unspecified atom stereocenters. The molecule has 0 aliphatic heterocycles. The Bertz CT molecular complexity index is 4090. The van der Waals surface area contributed by atoms with Crippen molar-refractivity contribution in [3.8, 4) is 28.7 Å². The average molecular weight is 1340 g/mol. The molecule has 0 bridgehead atoms. The van der Waals surface area contributed by atoms with Crippen LogP contribution in [0.2, 0.25) is 0 Å². The van der Waals surface area contributed by atoms with Crippen LogP contribution in [-0.2, 0) is 54.1 Å². The molecule has 10 aromatic rings. The minimum Gasteiger partial charge on any atom is -0.457 e. The summed E-state index contributed by atoms with van der Waals surface area (Å²) in [6.07, 6.45) is 0. The molecule has 1 aromatic heterocycles. The van der Waals surface area contributed by atoms with Crippen LogP contribution in [0.1, 0.15) is 269 Å². The lowest BCUT2D eigenvalue weighted by Crippen LogP contribution is -2.21. The molecule has 1 heterocycles. The lowest BCUT2D eigenvalue weighted by molar-refractivity contribution is 0.453. The van der Waals surface area contributed by atoms with Gasteiger partial charge in [0.2, 0.25) is 0 Å². The Labute approximate surface area is 604 Å². The van der Waals surface area contributed by atoms with Crippen molar-refractivity contribution in [3.63, 3.8) is 0 Å². The van der Waals surface area contributed by atoms with Crippen LogP contribution in [-0.4, -0.2) is 4.57 Å². The van der Waals surface area contributed by atoms with E-state index in [4.69, 9.17) is 9.47 Å². The number of fused-ring (bicyclic) bond motifs is 3. The first-order valence-corrected chi connectivity index (χ1v) is 36.8. The number of aromatic nitrogens is 1. The summed E-state index contributed by atoms with van der Waals surface area (Å²) in [5.74, 6) is 2.85. The Morgan fingerprint density at radius 2 is 0.450 bits per heavy atom. The fourth-order valence-electron chi connectivity index (χ4n) is 13.1. The summed E-state index contributed by atoms with van der Waals surface area (Å²) in [5, 5.41) is 2.44. The van der Waals surface area contributed by atoms with Crippen molar-refractivity contribution in [2.75, 3.05) is 9.80 Å². The van der Waals surface area contributed by atoms with Gasteiger partial charge in [-0.2, -0.15) is 0 Å². The zero-order chi connectivity index (χ0) is 74.0. The van der Waals surface area contributed by atoms with Gasteiger partial charge in [0, 0.05) is 62.6 Å². The molecule has 0 fully saturated rings. The highest BCUT2D eigenvalue weighted by atomic mass is 16.5. The largest absolute Gasteiger partial charge is 0.457 e. The highest BCUT2D eigenvalue weighted by Crippen LogP contribution is 2.49. The van der Waals surface area contributed by atoms with E-state index in [0.717, 1.165) is 67.9 Å². The molecule has 0 saturated heterocycles. The molecule has 5 heteroatoms. The third kappa shape index (κ3) is 16.2. The van der Waals surface area contributed by atoms with Gasteiger partial charge in [-0.3, -0.25) is 0 Å². The molecule has 0 amide bonds. The zero-order valence-electron chi connectivity index (χ0n) is 67.3. The third-order valence-electron chi connectivity index (χ3n) is 20.3. The second kappa shape index (κ2) is 25.8. The maximum absolute atomic E-state index is 7.34. The molecule has 0 saturated carbocycles. The van der Waals surface area contributed by atoms with Crippen LogP contribution in [0, 0.1) is 6.92 Å². The molecule has 0 radical (unpaired) electrons. The van der Waals surface area contributed by atoms with E-state index in [1.165, 1.54) is 66.4 Å². The van der Waals surface area contributed by atoms with Crippen LogP contribution in [0.25, 0.3) is 27.5 Å². The maximum atomic E-state index is 7.34. The Kier molecular flexibility index (Phi) is 19.3. The molecule has 528 valence electrons. The second-order valence-corrected chi connectivity index (χ2v) is 39.3. The summed E-state index contributed by atoms with van der Waals surface area (Å²) >= 11 is 0. The van der Waals surface area contributed by atoms with Crippen LogP contribution in [0.15, 0.2) is 170 Å². The maximum Gasteiger partial charge on any atom is 0.136 e. The minimum absolute atomic E-state index is 0.0510. The van der Waals surface area contributed by atoms with Gasteiger partial charge >= 0.3 is 0 Å². The van der Waals surface area contributed by atoms with Gasteiger partial charge < -0.3 is 23.8 Å². The predicted octanol–water partition coefficient (Wildman–Crippen LogP) is 28.6. The van der Waals surface area contributed by atoms with E-state index in [9.17, 15) is 0 Å². The van der Waals surface area contributed by atoms with Crippen LogP contribution in [0.5, 0.6) is 23.0 Å². The topological polar surface area (TPSA) is 29.9 Å². The Morgan fingerprint density at radius 3 is 0.660 bits per heavy atom. The van der Waals surface area contributed by atoms with Gasteiger partial charge in [0.25, 0.3) is 0 Å². The zero-order valence-corrected chi connectivity index (χ0v) is 67.3. The highest BCUT2D eigenvalue weighted by molar-refractivity contribution is 6.10. The van der Waals surface area contributed by atoms with Crippen molar-refractivity contribution in [3.05, 3.63) is 231 Å². The molecule has 5 nitrogen and oxygen atoms in total. The molecule has 0 aliphatic rings. The summed E-state index contributed by atoms with van der Waals surface area (Å²) in [6.45, 7) is 71.7. The number of benzene rings is 9. The molecular formula is C95H121N3O2. The molecule has 10 rings (SSSR count). The quantitative estimate of drug-likeness (QED) is 0.129. The van der Waals surface area contributed by atoms with Gasteiger partial charge in [0.1, 0.15) is 23.0 Å². The van der Waals surface area contributed by atoms with Crippen molar-refractivity contribution < 1.29 is 9.47 Å². The van der Waals surface area contributed by atoms with E-state index < -0.39 is 0 Å². The highest BCUT2D eigenvalue weighted by Gasteiger charge is 2.31. The van der Waals surface area contributed by atoms with Gasteiger partial charge in [0.15, 0.2) is 0 Å². The monoisotopic (exact) mass is 1340 g/mol. The molecular weight excluding hydrogens is 1220 g/mol.